The molecular formula is C27H36ClN3O4S. The average Bonchev–Trinajstić information content (AvgIpc) is 3.32. The molecule has 1 atom stereocenters. The highest BCUT2D eigenvalue weighted by Gasteiger charge is 2.33. The smallest absolute Gasteiger partial charge is 0.244 e. The van der Waals surface area contributed by atoms with Crippen molar-refractivity contribution in [2.75, 3.05) is 17.1 Å². The van der Waals surface area contributed by atoms with Crippen LogP contribution in [0, 0.1) is 13.8 Å². The summed E-state index contributed by atoms with van der Waals surface area (Å²) >= 11 is 6.26. The Kier molecular flexibility index (Phi) is 9.41. The molecule has 2 aromatic rings. The van der Waals surface area contributed by atoms with Crippen LogP contribution in [0.2, 0.25) is 5.02 Å². The summed E-state index contributed by atoms with van der Waals surface area (Å²) in [6.07, 6.45) is 5.50. The minimum absolute atomic E-state index is 0.115. The summed E-state index contributed by atoms with van der Waals surface area (Å²) in [6.45, 7) is 5.41. The van der Waals surface area contributed by atoms with Gasteiger partial charge in [-0.1, -0.05) is 61.7 Å². The monoisotopic (exact) mass is 533 g/mol. The van der Waals surface area contributed by atoms with Gasteiger partial charge in [-0.15, -0.1) is 0 Å². The Hall–Kier alpha value is -2.58. The molecule has 0 bridgehead atoms. The van der Waals surface area contributed by atoms with Gasteiger partial charge in [0.25, 0.3) is 0 Å². The van der Waals surface area contributed by atoms with Gasteiger partial charge in [0.05, 0.1) is 11.9 Å². The fourth-order valence-electron chi connectivity index (χ4n) is 4.61. The number of rotatable bonds is 10. The number of nitrogens with one attached hydrogen (secondary N) is 1. The Morgan fingerprint density at radius 1 is 1.08 bits per heavy atom. The van der Waals surface area contributed by atoms with Crippen molar-refractivity contribution in [3.05, 3.63) is 64.2 Å². The first-order chi connectivity index (χ1) is 17.0. The number of halogens is 1. The van der Waals surface area contributed by atoms with Crippen molar-refractivity contribution < 1.29 is 18.0 Å². The largest absolute Gasteiger partial charge is 0.352 e. The number of anilines is 1. The predicted molar refractivity (Wildman–Crippen MR) is 145 cm³/mol. The van der Waals surface area contributed by atoms with Gasteiger partial charge in [-0.25, -0.2) is 8.42 Å². The van der Waals surface area contributed by atoms with Crippen LogP contribution in [0.1, 0.15) is 55.7 Å². The second-order valence-electron chi connectivity index (χ2n) is 9.57. The normalized spacial score (nSPS) is 14.9. The predicted octanol–water partition coefficient (Wildman–Crippen LogP) is 4.59. The van der Waals surface area contributed by atoms with E-state index in [1.165, 1.54) is 4.90 Å². The van der Waals surface area contributed by atoms with Gasteiger partial charge in [0.1, 0.15) is 12.6 Å². The van der Waals surface area contributed by atoms with E-state index in [9.17, 15) is 18.0 Å². The molecule has 0 spiro atoms. The van der Waals surface area contributed by atoms with Gasteiger partial charge in [-0.2, -0.15) is 0 Å². The summed E-state index contributed by atoms with van der Waals surface area (Å²) in [5.41, 5.74) is 3.01. The number of carbonyl (C=O) groups excluding carboxylic acids is 2. The summed E-state index contributed by atoms with van der Waals surface area (Å²) in [5, 5.41) is 3.52. The molecule has 0 saturated heterocycles. The van der Waals surface area contributed by atoms with E-state index in [1.807, 2.05) is 45.0 Å². The zero-order valence-electron chi connectivity index (χ0n) is 21.5. The lowest BCUT2D eigenvalue weighted by atomic mass is 10.1. The number of nitrogens with zero attached hydrogens (tertiary/aromatic N) is 2. The zero-order valence-corrected chi connectivity index (χ0v) is 23.0. The lowest BCUT2D eigenvalue weighted by molar-refractivity contribution is -0.140. The molecule has 0 aromatic heterocycles. The van der Waals surface area contributed by atoms with E-state index in [0.29, 0.717) is 17.1 Å². The molecule has 9 heteroatoms. The van der Waals surface area contributed by atoms with Crippen molar-refractivity contribution in [1.29, 1.82) is 0 Å². The maximum atomic E-state index is 13.8. The van der Waals surface area contributed by atoms with E-state index in [-0.39, 0.29) is 18.5 Å². The molecule has 196 valence electrons. The third kappa shape index (κ3) is 7.01. The fraction of sp³-hybridized carbons (Fsp3) is 0.481. The van der Waals surface area contributed by atoms with E-state index in [0.717, 1.165) is 52.9 Å². The van der Waals surface area contributed by atoms with E-state index < -0.39 is 28.5 Å². The number of hydrogen-bond acceptors (Lipinski definition) is 4. The first kappa shape index (κ1) is 28.0. The summed E-state index contributed by atoms with van der Waals surface area (Å²) in [6, 6.07) is 12.0. The fourth-order valence-corrected chi connectivity index (χ4v) is 5.62. The van der Waals surface area contributed by atoms with Crippen LogP contribution in [-0.4, -0.2) is 50.0 Å². The second-order valence-corrected chi connectivity index (χ2v) is 11.9. The maximum Gasteiger partial charge on any atom is 0.244 e. The molecule has 36 heavy (non-hydrogen) atoms. The number of carbonyl (C=O) groups is 2. The van der Waals surface area contributed by atoms with Crippen molar-refractivity contribution in [2.45, 2.75) is 71.5 Å². The number of benzene rings is 2. The van der Waals surface area contributed by atoms with Crippen molar-refractivity contribution >= 4 is 39.1 Å². The van der Waals surface area contributed by atoms with Gasteiger partial charge < -0.3 is 10.2 Å². The first-order valence-corrected chi connectivity index (χ1v) is 14.6. The molecule has 2 aromatic carbocycles. The van der Waals surface area contributed by atoms with Gasteiger partial charge in [-0.05, 0) is 61.9 Å². The summed E-state index contributed by atoms with van der Waals surface area (Å²) in [5.74, 6) is -0.649. The molecule has 0 unspecified atom stereocenters. The lowest BCUT2D eigenvalue weighted by Crippen LogP contribution is -2.53. The van der Waals surface area contributed by atoms with E-state index in [1.54, 1.807) is 18.2 Å². The molecule has 2 amide bonds. The van der Waals surface area contributed by atoms with Gasteiger partial charge in [0.2, 0.25) is 21.8 Å². The van der Waals surface area contributed by atoms with Gasteiger partial charge in [0, 0.05) is 17.6 Å². The molecule has 1 fully saturated rings. The minimum Gasteiger partial charge on any atom is -0.352 e. The molecule has 1 saturated carbocycles. The van der Waals surface area contributed by atoms with Gasteiger partial charge >= 0.3 is 0 Å². The molecule has 1 aliphatic rings. The van der Waals surface area contributed by atoms with E-state index in [4.69, 9.17) is 11.6 Å². The van der Waals surface area contributed by atoms with E-state index >= 15 is 0 Å². The van der Waals surface area contributed by atoms with Crippen LogP contribution < -0.4 is 9.62 Å². The van der Waals surface area contributed by atoms with Gasteiger partial charge in [0.15, 0.2) is 0 Å². The van der Waals surface area contributed by atoms with Crippen LogP contribution >= 0.6 is 11.6 Å². The summed E-state index contributed by atoms with van der Waals surface area (Å²) < 4.78 is 26.5. The van der Waals surface area contributed by atoms with Crippen LogP contribution in [0.15, 0.2) is 42.5 Å². The molecule has 3 rings (SSSR count). The van der Waals surface area contributed by atoms with E-state index in [2.05, 4.69) is 5.32 Å². The minimum atomic E-state index is -3.80. The molecule has 1 N–H and O–H groups in total. The lowest BCUT2D eigenvalue weighted by Gasteiger charge is -2.33. The number of aryl methyl sites for hydroxylation is 2. The SMILES string of the molecule is CC[C@@H](C(=O)NC1CCCC1)N(Cc1ccccc1C)C(=O)CN(c1ccc(C)c(Cl)c1)S(C)(=O)=O. The Balaban J connectivity index is 1.94. The van der Waals surface area contributed by atoms with Gasteiger partial charge in [-0.3, -0.25) is 13.9 Å². The molecule has 0 aliphatic heterocycles. The standard InChI is InChI=1S/C27H36ClN3O4S/c1-5-25(27(33)29-22-12-8-9-13-22)30(17-21-11-7-6-10-19(21)2)26(32)18-31(36(4,34)35)23-15-14-20(3)24(28)16-23/h6-7,10-11,14-16,22,25H,5,8-9,12-13,17-18H2,1-4H3,(H,29,33)/t25-/m0/s1. The second kappa shape index (κ2) is 12.1. The maximum absolute atomic E-state index is 13.8. The van der Waals surface area contributed by atoms with Crippen LogP contribution in [0.3, 0.4) is 0 Å². The Morgan fingerprint density at radius 2 is 1.75 bits per heavy atom. The Bertz CT molecular complexity index is 1200. The summed E-state index contributed by atoms with van der Waals surface area (Å²) in [4.78, 5) is 28.6. The molecule has 1 aliphatic carbocycles. The van der Waals surface area contributed by atoms with Crippen molar-refractivity contribution in [3.8, 4) is 0 Å². The molecular weight excluding hydrogens is 498 g/mol. The van der Waals surface area contributed by atoms with Crippen LogP contribution in [0.4, 0.5) is 5.69 Å². The molecule has 7 nitrogen and oxygen atoms in total. The number of hydrogen-bond donors (Lipinski definition) is 1. The Morgan fingerprint density at radius 3 is 2.33 bits per heavy atom. The topological polar surface area (TPSA) is 86.8 Å². The van der Waals surface area contributed by atoms with Crippen LogP contribution in [-0.2, 0) is 26.2 Å². The third-order valence-corrected chi connectivity index (χ3v) is 8.36. The first-order valence-electron chi connectivity index (χ1n) is 12.4. The quantitative estimate of drug-likeness (QED) is 0.484. The number of sulfonamides is 1. The highest BCUT2D eigenvalue weighted by molar-refractivity contribution is 7.92. The average molecular weight is 534 g/mol. The van der Waals surface area contributed by atoms with Crippen molar-refractivity contribution in [3.63, 3.8) is 0 Å². The highest BCUT2D eigenvalue weighted by Crippen LogP contribution is 2.26. The molecule has 0 radical (unpaired) electrons. The zero-order chi connectivity index (χ0) is 26.5. The Labute approximate surface area is 219 Å². The van der Waals surface area contributed by atoms with Crippen molar-refractivity contribution in [2.24, 2.45) is 0 Å². The van der Waals surface area contributed by atoms with Crippen LogP contribution in [0.25, 0.3) is 0 Å². The highest BCUT2D eigenvalue weighted by atomic mass is 35.5. The number of amides is 2. The summed E-state index contributed by atoms with van der Waals surface area (Å²) in [7, 11) is -3.80. The van der Waals surface area contributed by atoms with Crippen molar-refractivity contribution in [1.82, 2.24) is 10.2 Å². The van der Waals surface area contributed by atoms with Crippen LogP contribution in [0.5, 0.6) is 0 Å². The molecule has 0 heterocycles. The third-order valence-electron chi connectivity index (χ3n) is 6.81.